The number of anilines is 6. The van der Waals surface area contributed by atoms with E-state index in [0.717, 1.165) is 28.3 Å². The molecule has 0 radical (unpaired) electrons. The number of hydrogen-bond donors (Lipinski definition) is 0. The smallest absolute Gasteiger partial charge is 0.0754 e. The average Bonchev–Trinajstić information content (AvgIpc) is 3.65. The van der Waals surface area contributed by atoms with Gasteiger partial charge in [-0.1, -0.05) is 200 Å². The van der Waals surface area contributed by atoms with Gasteiger partial charge in [-0.3, -0.25) is 0 Å². The molecule has 0 N–H and O–H groups in total. The van der Waals surface area contributed by atoms with Gasteiger partial charge < -0.3 is 9.80 Å². The molecule has 1 heterocycles. The molecular formula is C61H42N2. The molecule has 296 valence electrons. The fourth-order valence-electron chi connectivity index (χ4n) is 10.4. The van der Waals surface area contributed by atoms with Crippen LogP contribution in [0.1, 0.15) is 22.3 Å². The van der Waals surface area contributed by atoms with Gasteiger partial charge in [-0.05, 0) is 110 Å². The van der Waals surface area contributed by atoms with Gasteiger partial charge in [-0.25, -0.2) is 0 Å². The molecule has 0 fully saturated rings. The minimum absolute atomic E-state index is 0.510. The van der Waals surface area contributed by atoms with Crippen LogP contribution in [0.2, 0.25) is 0 Å². The Morgan fingerprint density at radius 1 is 0.286 bits per heavy atom. The molecule has 0 atom stereocenters. The molecule has 1 aliphatic carbocycles. The van der Waals surface area contributed by atoms with Crippen molar-refractivity contribution < 1.29 is 0 Å². The largest absolute Gasteiger partial charge is 0.310 e. The molecule has 0 unspecified atom stereocenters. The first-order valence-electron chi connectivity index (χ1n) is 21.8. The Labute approximate surface area is 369 Å². The van der Waals surface area contributed by atoms with Crippen molar-refractivity contribution >= 4 is 34.1 Å². The summed E-state index contributed by atoms with van der Waals surface area (Å²) in [7, 11) is 0. The number of benzene rings is 10. The number of hydrogen-bond acceptors (Lipinski definition) is 2. The van der Waals surface area contributed by atoms with Crippen molar-refractivity contribution in [1.29, 1.82) is 0 Å². The lowest BCUT2D eigenvalue weighted by molar-refractivity contribution is 0.753. The topological polar surface area (TPSA) is 6.48 Å². The SMILES string of the molecule is c1ccc(-c2ccc(N(c3ccccc3-c3ccccc3)c3ccccc3-c3ccc4c(c3)-c3ccccc3C43c4ccccc4N(c4ccccc4)c4ccccc43)cc2)cc1. The number of nitrogens with zero attached hydrogens (tertiary/aromatic N) is 2. The van der Waals surface area contributed by atoms with Gasteiger partial charge in [0, 0.05) is 22.5 Å². The lowest BCUT2D eigenvalue weighted by Gasteiger charge is -2.45. The van der Waals surface area contributed by atoms with Crippen LogP contribution < -0.4 is 9.80 Å². The number of fused-ring (bicyclic) bond motifs is 9. The Hall–Kier alpha value is -8.20. The minimum atomic E-state index is -0.510. The minimum Gasteiger partial charge on any atom is -0.310 e. The zero-order valence-electron chi connectivity index (χ0n) is 34.6. The van der Waals surface area contributed by atoms with Crippen molar-refractivity contribution in [1.82, 2.24) is 0 Å². The maximum absolute atomic E-state index is 2.45. The van der Waals surface area contributed by atoms with Crippen LogP contribution in [0.25, 0.3) is 44.5 Å². The van der Waals surface area contributed by atoms with Crippen LogP contribution in [0.15, 0.2) is 255 Å². The Bertz CT molecular complexity index is 3230. The average molecular weight is 803 g/mol. The van der Waals surface area contributed by atoms with Crippen LogP contribution in [0.3, 0.4) is 0 Å². The first kappa shape index (κ1) is 36.6. The van der Waals surface area contributed by atoms with Crippen LogP contribution in [0, 0.1) is 0 Å². The quantitative estimate of drug-likeness (QED) is 0.158. The highest BCUT2D eigenvalue weighted by molar-refractivity contribution is 5.99. The summed E-state index contributed by atoms with van der Waals surface area (Å²) in [5, 5.41) is 0. The molecule has 0 saturated carbocycles. The van der Waals surface area contributed by atoms with E-state index < -0.39 is 5.41 Å². The summed E-state index contributed by atoms with van der Waals surface area (Å²) in [6.07, 6.45) is 0. The van der Waals surface area contributed by atoms with Crippen LogP contribution in [0.5, 0.6) is 0 Å². The number of rotatable bonds is 7. The van der Waals surface area contributed by atoms with Gasteiger partial charge in [0.1, 0.15) is 0 Å². The Kier molecular flexibility index (Phi) is 8.76. The van der Waals surface area contributed by atoms with Crippen LogP contribution in [-0.4, -0.2) is 0 Å². The van der Waals surface area contributed by atoms with Crippen LogP contribution in [-0.2, 0) is 5.41 Å². The normalized spacial score (nSPS) is 12.9. The monoisotopic (exact) mass is 802 g/mol. The Morgan fingerprint density at radius 3 is 1.33 bits per heavy atom. The van der Waals surface area contributed by atoms with Crippen molar-refractivity contribution in [2.75, 3.05) is 9.80 Å². The van der Waals surface area contributed by atoms with Gasteiger partial charge >= 0.3 is 0 Å². The molecule has 63 heavy (non-hydrogen) atoms. The standard InChI is InChI=1S/C61H42N2/c1-4-20-43(21-5-1)44-36-39-48(40-37-44)62(57-32-16-11-26-49(57)45-22-6-2-7-23-45)58-33-17-12-27-50(58)46-38-41-54-52(42-46)51-28-10-13-29-53(51)61(54)55-30-14-18-34-59(55)63(47-24-8-3-9-25-47)60-35-19-15-31-56(60)61/h1-42H. The molecule has 1 spiro atoms. The lowest BCUT2D eigenvalue weighted by Crippen LogP contribution is -2.36. The van der Waals surface area contributed by atoms with Crippen molar-refractivity contribution in [3.63, 3.8) is 0 Å². The lowest BCUT2D eigenvalue weighted by atomic mass is 9.64. The van der Waals surface area contributed by atoms with Crippen molar-refractivity contribution in [3.05, 3.63) is 277 Å². The second kappa shape index (κ2) is 15.1. The predicted molar refractivity (Wildman–Crippen MR) is 263 cm³/mol. The second-order valence-electron chi connectivity index (χ2n) is 16.4. The van der Waals surface area contributed by atoms with E-state index in [9.17, 15) is 0 Å². The molecule has 2 nitrogen and oxygen atoms in total. The molecule has 0 aromatic heterocycles. The summed E-state index contributed by atoms with van der Waals surface area (Å²) in [5.41, 5.74) is 21.2. The Balaban J connectivity index is 1.06. The molecule has 12 rings (SSSR count). The van der Waals surface area contributed by atoms with Gasteiger partial charge in [-0.15, -0.1) is 0 Å². The van der Waals surface area contributed by atoms with E-state index in [-0.39, 0.29) is 0 Å². The molecule has 0 bridgehead atoms. The zero-order chi connectivity index (χ0) is 41.7. The third-order valence-corrected chi connectivity index (χ3v) is 13.1. The maximum Gasteiger partial charge on any atom is 0.0754 e. The maximum atomic E-state index is 2.45. The molecule has 0 saturated heterocycles. The van der Waals surface area contributed by atoms with E-state index >= 15 is 0 Å². The molecule has 2 heteroatoms. The highest BCUT2D eigenvalue weighted by Gasteiger charge is 2.51. The van der Waals surface area contributed by atoms with E-state index in [1.165, 1.54) is 72.6 Å². The van der Waals surface area contributed by atoms with E-state index in [2.05, 4.69) is 265 Å². The van der Waals surface area contributed by atoms with Crippen molar-refractivity contribution in [2.24, 2.45) is 0 Å². The van der Waals surface area contributed by atoms with E-state index in [4.69, 9.17) is 0 Å². The molecule has 10 aromatic carbocycles. The first-order valence-corrected chi connectivity index (χ1v) is 21.8. The van der Waals surface area contributed by atoms with E-state index in [1.54, 1.807) is 0 Å². The third-order valence-electron chi connectivity index (χ3n) is 13.1. The highest BCUT2D eigenvalue weighted by atomic mass is 15.2. The Morgan fingerprint density at radius 2 is 0.714 bits per heavy atom. The predicted octanol–water partition coefficient (Wildman–Crippen LogP) is 16.3. The summed E-state index contributed by atoms with van der Waals surface area (Å²) in [6.45, 7) is 0. The van der Waals surface area contributed by atoms with E-state index in [1.807, 2.05) is 0 Å². The summed E-state index contributed by atoms with van der Waals surface area (Å²) >= 11 is 0. The van der Waals surface area contributed by atoms with Gasteiger partial charge in [0.05, 0.1) is 28.2 Å². The summed E-state index contributed by atoms with van der Waals surface area (Å²) in [6, 6.07) is 93.2. The summed E-state index contributed by atoms with van der Waals surface area (Å²) in [4.78, 5) is 4.89. The van der Waals surface area contributed by atoms with Crippen molar-refractivity contribution in [3.8, 4) is 44.5 Å². The van der Waals surface area contributed by atoms with Crippen LogP contribution in [0.4, 0.5) is 34.1 Å². The third kappa shape index (κ3) is 5.80. The zero-order valence-corrected chi connectivity index (χ0v) is 34.6. The first-order chi connectivity index (χ1) is 31.3. The second-order valence-corrected chi connectivity index (χ2v) is 16.4. The highest BCUT2D eigenvalue weighted by Crippen LogP contribution is 2.63. The molecule has 2 aliphatic rings. The van der Waals surface area contributed by atoms with Crippen LogP contribution >= 0.6 is 0 Å². The molecule has 10 aromatic rings. The molecular weight excluding hydrogens is 761 g/mol. The van der Waals surface area contributed by atoms with Gasteiger partial charge in [0.2, 0.25) is 0 Å². The van der Waals surface area contributed by atoms with Gasteiger partial charge in [0.25, 0.3) is 0 Å². The molecule has 0 amide bonds. The summed E-state index contributed by atoms with van der Waals surface area (Å²) < 4.78 is 0. The van der Waals surface area contributed by atoms with Gasteiger partial charge in [-0.2, -0.15) is 0 Å². The summed E-state index contributed by atoms with van der Waals surface area (Å²) in [5.74, 6) is 0. The fourth-order valence-corrected chi connectivity index (χ4v) is 10.4. The molecule has 1 aliphatic heterocycles. The van der Waals surface area contributed by atoms with Gasteiger partial charge in [0.15, 0.2) is 0 Å². The fraction of sp³-hybridized carbons (Fsp3) is 0.0164. The van der Waals surface area contributed by atoms with Crippen molar-refractivity contribution in [2.45, 2.75) is 5.41 Å². The van der Waals surface area contributed by atoms with E-state index in [0.29, 0.717) is 0 Å². The number of para-hydroxylation sites is 5.